The fourth-order valence-corrected chi connectivity index (χ4v) is 3.83. The van der Waals surface area contributed by atoms with Gasteiger partial charge in [0.1, 0.15) is 0 Å². The molecule has 1 aromatic rings. The highest BCUT2D eigenvalue weighted by molar-refractivity contribution is 5.71. The highest BCUT2D eigenvalue weighted by Crippen LogP contribution is 2.36. The van der Waals surface area contributed by atoms with Crippen molar-refractivity contribution in [3.8, 4) is 0 Å². The van der Waals surface area contributed by atoms with Gasteiger partial charge in [-0.3, -0.25) is 10.1 Å². The summed E-state index contributed by atoms with van der Waals surface area (Å²) in [6.45, 7) is 9.25. The van der Waals surface area contributed by atoms with Gasteiger partial charge in [-0.05, 0) is 25.3 Å². The number of nitrogens with two attached hydrogens (primary N) is 1. The molecule has 0 aliphatic carbocycles. The third-order valence-electron chi connectivity index (χ3n) is 5.02. The van der Waals surface area contributed by atoms with Crippen LogP contribution in [0, 0.1) is 22.0 Å². The second-order valence-corrected chi connectivity index (χ2v) is 7.48. The average molecular weight is 349 g/mol. The molecule has 9 nitrogen and oxygen atoms in total. The lowest BCUT2D eigenvalue weighted by Gasteiger charge is -2.36. The molecule has 2 fully saturated rings. The van der Waals surface area contributed by atoms with E-state index in [2.05, 4.69) is 40.7 Å². The smallest absolute Gasteiger partial charge is 0.353 e. The van der Waals surface area contributed by atoms with E-state index in [9.17, 15) is 10.1 Å². The Balaban J connectivity index is 1.97. The van der Waals surface area contributed by atoms with Crippen LogP contribution in [0.5, 0.6) is 0 Å². The second-order valence-electron chi connectivity index (χ2n) is 7.48. The van der Waals surface area contributed by atoms with E-state index in [1.165, 1.54) is 0 Å². The summed E-state index contributed by atoms with van der Waals surface area (Å²) in [6.07, 6.45) is 1.12. The van der Waals surface area contributed by atoms with Crippen molar-refractivity contribution in [2.24, 2.45) is 11.8 Å². The summed E-state index contributed by atoms with van der Waals surface area (Å²) in [4.78, 5) is 26.3. The van der Waals surface area contributed by atoms with E-state index < -0.39 is 4.92 Å². The normalized spacial score (nSPS) is 25.2. The first-order chi connectivity index (χ1) is 11.8. The van der Waals surface area contributed by atoms with Crippen LogP contribution >= 0.6 is 0 Å². The maximum atomic E-state index is 11.6. The van der Waals surface area contributed by atoms with E-state index in [-0.39, 0.29) is 11.5 Å². The van der Waals surface area contributed by atoms with Gasteiger partial charge in [0, 0.05) is 39.3 Å². The lowest BCUT2D eigenvalue weighted by Crippen LogP contribution is -2.45. The predicted octanol–water partition coefficient (Wildman–Crippen LogP) is 1.20. The minimum absolute atomic E-state index is 0.0465. The summed E-state index contributed by atoms with van der Waals surface area (Å²) in [5, 5.41) is 11.6. The zero-order valence-electron chi connectivity index (χ0n) is 15.2. The highest BCUT2D eigenvalue weighted by atomic mass is 16.6. The molecule has 0 bridgehead atoms. The number of nitro groups is 1. The molecule has 0 radical (unpaired) electrons. The van der Waals surface area contributed by atoms with E-state index >= 15 is 0 Å². The van der Waals surface area contributed by atoms with Crippen LogP contribution in [0.4, 0.5) is 23.3 Å². The van der Waals surface area contributed by atoms with Crippen LogP contribution in [0.15, 0.2) is 0 Å². The van der Waals surface area contributed by atoms with Gasteiger partial charge in [0.05, 0.1) is 4.92 Å². The molecule has 25 heavy (non-hydrogen) atoms. The van der Waals surface area contributed by atoms with Crippen LogP contribution in [0.25, 0.3) is 0 Å². The van der Waals surface area contributed by atoms with Gasteiger partial charge >= 0.3 is 5.69 Å². The Hall–Kier alpha value is -2.16. The number of hydrogen-bond acceptors (Lipinski definition) is 8. The third-order valence-corrected chi connectivity index (χ3v) is 5.02. The molecule has 2 aliphatic rings. The quantitative estimate of drug-likeness (QED) is 0.641. The summed E-state index contributed by atoms with van der Waals surface area (Å²) in [5.41, 5.74) is 5.81. The lowest BCUT2D eigenvalue weighted by atomic mass is 9.92. The van der Waals surface area contributed by atoms with Gasteiger partial charge in [-0.25, -0.2) is 0 Å². The molecule has 3 rings (SSSR count). The minimum atomic E-state index is -0.456. The Labute approximate surface area is 148 Å². The molecule has 0 amide bonds. The van der Waals surface area contributed by atoms with Crippen molar-refractivity contribution < 1.29 is 4.92 Å². The topological polar surface area (TPSA) is 105 Å². The summed E-state index contributed by atoms with van der Waals surface area (Å²) in [7, 11) is 2.07. The number of piperidine rings is 1. The number of nitrogen functional groups attached to an aromatic ring is 1. The van der Waals surface area contributed by atoms with Gasteiger partial charge in [-0.15, -0.1) is 0 Å². The van der Waals surface area contributed by atoms with Gasteiger partial charge in [-0.1, -0.05) is 13.8 Å². The van der Waals surface area contributed by atoms with Crippen LogP contribution in [-0.2, 0) is 0 Å². The van der Waals surface area contributed by atoms with E-state index in [4.69, 9.17) is 5.73 Å². The van der Waals surface area contributed by atoms with Crippen molar-refractivity contribution in [1.29, 1.82) is 0 Å². The monoisotopic (exact) mass is 349 g/mol. The minimum Gasteiger partial charge on any atom is -0.378 e. The van der Waals surface area contributed by atoms with E-state index in [0.29, 0.717) is 23.6 Å². The maximum absolute atomic E-state index is 11.6. The number of hydrogen-bond donors (Lipinski definition) is 1. The van der Waals surface area contributed by atoms with Crippen LogP contribution in [0.1, 0.15) is 20.3 Å². The van der Waals surface area contributed by atoms with Gasteiger partial charge in [0.25, 0.3) is 0 Å². The molecule has 0 unspecified atom stereocenters. The van der Waals surface area contributed by atoms with Crippen molar-refractivity contribution in [3.05, 3.63) is 10.1 Å². The Morgan fingerprint density at radius 2 is 1.68 bits per heavy atom. The molecule has 0 saturated carbocycles. The maximum Gasteiger partial charge on any atom is 0.353 e. The van der Waals surface area contributed by atoms with Gasteiger partial charge in [-0.2, -0.15) is 9.97 Å². The van der Waals surface area contributed by atoms with Crippen molar-refractivity contribution in [2.45, 2.75) is 20.3 Å². The number of anilines is 3. The van der Waals surface area contributed by atoms with E-state index in [1.807, 2.05) is 4.90 Å². The zero-order valence-corrected chi connectivity index (χ0v) is 15.2. The summed E-state index contributed by atoms with van der Waals surface area (Å²) in [6, 6.07) is 0. The molecular formula is C16H27N7O2. The number of rotatable bonds is 3. The molecular weight excluding hydrogens is 322 g/mol. The van der Waals surface area contributed by atoms with Crippen molar-refractivity contribution in [1.82, 2.24) is 14.9 Å². The molecule has 1 aromatic heterocycles. The fraction of sp³-hybridized carbons (Fsp3) is 0.750. The summed E-state index contributed by atoms with van der Waals surface area (Å²) < 4.78 is 0. The average Bonchev–Trinajstić information content (AvgIpc) is 2.53. The SMILES string of the molecule is C[C@H]1C[C@H](C)CN(c2nc(N3CCN(C)CC3)nc(N)c2[N+](=O)[O-])C1. The largest absolute Gasteiger partial charge is 0.378 e. The number of likely N-dealkylation sites (N-methyl/N-ethyl adjacent to an activating group) is 1. The summed E-state index contributed by atoms with van der Waals surface area (Å²) in [5.74, 6) is 1.75. The number of nitrogens with zero attached hydrogens (tertiary/aromatic N) is 6. The molecule has 9 heteroatoms. The molecule has 3 heterocycles. The van der Waals surface area contributed by atoms with Gasteiger partial charge in [0.2, 0.25) is 17.6 Å². The zero-order chi connectivity index (χ0) is 18.1. The Bertz CT molecular complexity index is 636. The van der Waals surface area contributed by atoms with Crippen LogP contribution < -0.4 is 15.5 Å². The van der Waals surface area contributed by atoms with Gasteiger partial charge in [0.15, 0.2) is 0 Å². The van der Waals surface area contributed by atoms with Crippen molar-refractivity contribution >= 4 is 23.3 Å². The van der Waals surface area contributed by atoms with Crippen molar-refractivity contribution in [3.63, 3.8) is 0 Å². The second kappa shape index (κ2) is 6.99. The molecule has 2 N–H and O–H groups in total. The van der Waals surface area contributed by atoms with Crippen LogP contribution in [-0.4, -0.2) is 66.1 Å². The first-order valence-corrected chi connectivity index (χ1v) is 8.85. The first kappa shape index (κ1) is 17.7. The van der Waals surface area contributed by atoms with E-state index in [0.717, 1.165) is 45.7 Å². The lowest BCUT2D eigenvalue weighted by molar-refractivity contribution is -0.383. The van der Waals surface area contributed by atoms with Gasteiger partial charge < -0.3 is 20.4 Å². The van der Waals surface area contributed by atoms with E-state index in [1.54, 1.807) is 0 Å². The molecule has 2 atom stereocenters. The molecule has 0 spiro atoms. The Morgan fingerprint density at radius 1 is 1.08 bits per heavy atom. The molecule has 2 saturated heterocycles. The van der Waals surface area contributed by atoms with Crippen LogP contribution in [0.3, 0.4) is 0 Å². The Morgan fingerprint density at radius 3 is 2.24 bits per heavy atom. The number of aromatic nitrogens is 2. The third kappa shape index (κ3) is 3.76. The molecule has 0 aromatic carbocycles. The molecule has 138 valence electrons. The first-order valence-electron chi connectivity index (χ1n) is 8.85. The highest BCUT2D eigenvalue weighted by Gasteiger charge is 2.32. The van der Waals surface area contributed by atoms with Crippen LogP contribution in [0.2, 0.25) is 0 Å². The standard InChI is InChI=1S/C16H27N7O2/c1-11-8-12(2)10-22(9-11)15-13(23(24)25)14(17)18-16(19-15)21-6-4-20(3)5-7-21/h11-12H,4-10H2,1-3H3,(H2,17,18,19)/t11-,12-/m0/s1. The van der Waals surface area contributed by atoms with Crippen molar-refractivity contribution in [2.75, 3.05) is 61.8 Å². The summed E-state index contributed by atoms with van der Waals surface area (Å²) >= 11 is 0. The Kier molecular flexibility index (Phi) is 4.94. The fourth-order valence-electron chi connectivity index (χ4n) is 3.83. The number of piperazine rings is 1. The molecule has 2 aliphatic heterocycles. The predicted molar refractivity (Wildman–Crippen MR) is 98.0 cm³/mol.